The van der Waals surface area contributed by atoms with Gasteiger partial charge in [-0.3, -0.25) is 0 Å². The zero-order chi connectivity index (χ0) is 11.4. The molecule has 0 unspecified atom stereocenters. The minimum Gasteiger partial charge on any atom is -0.508 e. The Hall–Kier alpha value is -2.10. The highest BCUT2D eigenvalue weighted by atomic mass is 16.5. The van der Waals surface area contributed by atoms with E-state index in [0.717, 1.165) is 5.56 Å². The molecule has 1 N–H and O–H groups in total. The van der Waals surface area contributed by atoms with E-state index >= 15 is 0 Å². The lowest BCUT2D eigenvalue weighted by Gasteiger charge is -2.06. The first-order valence-electron chi connectivity index (χ1n) is 4.93. The van der Waals surface area contributed by atoms with Crippen molar-refractivity contribution in [2.75, 3.05) is 0 Å². The van der Waals surface area contributed by atoms with Crippen LogP contribution in [0.15, 0.2) is 36.7 Å². The molecule has 0 fully saturated rings. The van der Waals surface area contributed by atoms with E-state index in [9.17, 15) is 5.11 Å². The number of benzene rings is 1. The van der Waals surface area contributed by atoms with Gasteiger partial charge in [0.2, 0.25) is 0 Å². The topological polar surface area (TPSA) is 55.2 Å². The van der Waals surface area contributed by atoms with Crippen LogP contribution in [0.1, 0.15) is 11.4 Å². The molecular weight excluding hydrogens is 204 g/mol. The minimum absolute atomic E-state index is 0.198. The van der Waals surface area contributed by atoms with Crippen molar-refractivity contribution in [2.24, 2.45) is 0 Å². The van der Waals surface area contributed by atoms with Crippen LogP contribution >= 0.6 is 0 Å². The molecule has 1 aromatic carbocycles. The fourth-order valence-electron chi connectivity index (χ4n) is 1.36. The van der Waals surface area contributed by atoms with Crippen molar-refractivity contribution < 1.29 is 9.84 Å². The van der Waals surface area contributed by atoms with Gasteiger partial charge in [-0.25, -0.2) is 9.97 Å². The predicted molar refractivity (Wildman–Crippen MR) is 59.2 cm³/mol. The van der Waals surface area contributed by atoms with E-state index in [0.29, 0.717) is 18.2 Å². The molecule has 0 spiro atoms. The molecule has 0 saturated heterocycles. The van der Waals surface area contributed by atoms with Gasteiger partial charge in [0.1, 0.15) is 18.1 Å². The zero-order valence-electron chi connectivity index (χ0n) is 8.92. The number of hydrogen-bond donors (Lipinski definition) is 1. The lowest BCUT2D eigenvalue weighted by molar-refractivity contribution is 0.294. The molecular formula is C12H12N2O2. The molecule has 0 aliphatic rings. The number of hydrogen-bond acceptors (Lipinski definition) is 4. The average Bonchev–Trinajstić information content (AvgIpc) is 2.27. The predicted octanol–water partition coefficient (Wildman–Crippen LogP) is 2.07. The molecule has 0 aliphatic heterocycles. The highest BCUT2D eigenvalue weighted by Crippen LogP contribution is 2.21. The van der Waals surface area contributed by atoms with Crippen LogP contribution < -0.4 is 4.74 Å². The standard InChI is InChI=1S/C12H12N2O2/c1-9-5-10(15)7-11(6-9)16-8-12-13-3-2-4-14-12/h2-7,15H,8H2,1H3. The zero-order valence-corrected chi connectivity index (χ0v) is 8.92. The van der Waals surface area contributed by atoms with Crippen molar-refractivity contribution >= 4 is 0 Å². The molecule has 0 amide bonds. The van der Waals surface area contributed by atoms with E-state index < -0.39 is 0 Å². The van der Waals surface area contributed by atoms with Gasteiger partial charge in [0, 0.05) is 18.5 Å². The third-order valence-electron chi connectivity index (χ3n) is 2.02. The lowest BCUT2D eigenvalue weighted by atomic mass is 10.2. The molecule has 4 heteroatoms. The van der Waals surface area contributed by atoms with Gasteiger partial charge in [0.25, 0.3) is 0 Å². The first-order valence-corrected chi connectivity index (χ1v) is 4.93. The monoisotopic (exact) mass is 216 g/mol. The number of phenols is 1. The van der Waals surface area contributed by atoms with Gasteiger partial charge < -0.3 is 9.84 Å². The summed E-state index contributed by atoms with van der Waals surface area (Å²) in [6.07, 6.45) is 3.33. The molecule has 2 aromatic rings. The van der Waals surface area contributed by atoms with Crippen LogP contribution in [0.25, 0.3) is 0 Å². The molecule has 0 atom stereocenters. The Labute approximate surface area is 93.6 Å². The summed E-state index contributed by atoms with van der Waals surface area (Å²) in [7, 11) is 0. The average molecular weight is 216 g/mol. The second kappa shape index (κ2) is 4.61. The Kier molecular flexibility index (Phi) is 3.00. The van der Waals surface area contributed by atoms with Crippen LogP contribution in [0.4, 0.5) is 0 Å². The molecule has 2 rings (SSSR count). The summed E-state index contributed by atoms with van der Waals surface area (Å²) in [6, 6.07) is 6.84. The molecule has 0 bridgehead atoms. The molecule has 0 radical (unpaired) electrons. The summed E-state index contributed by atoms with van der Waals surface area (Å²) in [5.41, 5.74) is 0.948. The van der Waals surface area contributed by atoms with Gasteiger partial charge in [0.15, 0.2) is 5.82 Å². The summed E-state index contributed by atoms with van der Waals surface area (Å²) in [5.74, 6) is 1.43. The van der Waals surface area contributed by atoms with Crippen LogP contribution in [0.3, 0.4) is 0 Å². The normalized spacial score (nSPS) is 10.1. The second-order valence-corrected chi connectivity index (χ2v) is 3.46. The first-order chi connectivity index (χ1) is 7.74. The Morgan fingerprint density at radius 1 is 1.19 bits per heavy atom. The Bertz CT molecular complexity index is 451. The molecule has 1 aromatic heterocycles. The lowest BCUT2D eigenvalue weighted by Crippen LogP contribution is -2.00. The number of ether oxygens (including phenoxy) is 1. The van der Waals surface area contributed by atoms with Crippen LogP contribution in [0.5, 0.6) is 11.5 Å². The van der Waals surface area contributed by atoms with Crippen molar-refractivity contribution in [2.45, 2.75) is 13.5 Å². The molecule has 0 saturated carbocycles. The quantitative estimate of drug-likeness (QED) is 0.853. The van der Waals surface area contributed by atoms with Gasteiger partial charge in [-0.2, -0.15) is 0 Å². The van der Waals surface area contributed by atoms with Crippen molar-refractivity contribution in [1.82, 2.24) is 9.97 Å². The third-order valence-corrected chi connectivity index (χ3v) is 2.02. The SMILES string of the molecule is Cc1cc(O)cc(OCc2ncccn2)c1. The van der Waals surface area contributed by atoms with Crippen LogP contribution in [0, 0.1) is 6.92 Å². The summed E-state index contributed by atoms with van der Waals surface area (Å²) < 4.78 is 5.47. The van der Waals surface area contributed by atoms with Gasteiger partial charge in [-0.05, 0) is 30.7 Å². The van der Waals surface area contributed by atoms with Gasteiger partial charge in [-0.15, -0.1) is 0 Å². The van der Waals surface area contributed by atoms with E-state index in [4.69, 9.17) is 4.74 Å². The number of aromatic hydroxyl groups is 1. The third kappa shape index (κ3) is 2.70. The molecule has 1 heterocycles. The van der Waals surface area contributed by atoms with Crippen molar-refractivity contribution in [3.05, 3.63) is 48.0 Å². The summed E-state index contributed by atoms with van der Waals surface area (Å²) in [4.78, 5) is 8.08. The highest BCUT2D eigenvalue weighted by molar-refractivity contribution is 5.36. The number of aromatic nitrogens is 2. The first kappa shape index (κ1) is 10.4. The molecule has 82 valence electrons. The summed E-state index contributed by atoms with van der Waals surface area (Å²) >= 11 is 0. The number of nitrogens with zero attached hydrogens (tertiary/aromatic N) is 2. The summed E-state index contributed by atoms with van der Waals surface area (Å²) in [6.45, 7) is 2.19. The summed E-state index contributed by atoms with van der Waals surface area (Å²) in [5, 5.41) is 9.38. The smallest absolute Gasteiger partial charge is 0.166 e. The Balaban J connectivity index is 2.05. The number of aryl methyl sites for hydroxylation is 1. The van der Waals surface area contributed by atoms with E-state index in [-0.39, 0.29) is 5.75 Å². The van der Waals surface area contributed by atoms with Crippen LogP contribution in [0.2, 0.25) is 0 Å². The van der Waals surface area contributed by atoms with E-state index in [1.807, 2.05) is 13.0 Å². The molecule has 0 aliphatic carbocycles. The van der Waals surface area contributed by atoms with E-state index in [1.165, 1.54) is 0 Å². The highest BCUT2D eigenvalue weighted by Gasteiger charge is 2.00. The van der Waals surface area contributed by atoms with Gasteiger partial charge >= 0.3 is 0 Å². The fraction of sp³-hybridized carbons (Fsp3) is 0.167. The Morgan fingerprint density at radius 2 is 1.94 bits per heavy atom. The Morgan fingerprint density at radius 3 is 2.62 bits per heavy atom. The minimum atomic E-state index is 0.198. The number of phenolic OH excluding ortho intramolecular Hbond substituents is 1. The van der Waals surface area contributed by atoms with Gasteiger partial charge in [0.05, 0.1) is 0 Å². The van der Waals surface area contributed by atoms with Crippen molar-refractivity contribution in [3.63, 3.8) is 0 Å². The second-order valence-electron chi connectivity index (χ2n) is 3.46. The maximum Gasteiger partial charge on any atom is 0.166 e. The van der Waals surface area contributed by atoms with Crippen molar-refractivity contribution in [1.29, 1.82) is 0 Å². The van der Waals surface area contributed by atoms with Gasteiger partial charge in [-0.1, -0.05) is 0 Å². The fourth-order valence-corrected chi connectivity index (χ4v) is 1.36. The van der Waals surface area contributed by atoms with Crippen LogP contribution in [-0.4, -0.2) is 15.1 Å². The maximum absolute atomic E-state index is 9.38. The maximum atomic E-state index is 9.38. The largest absolute Gasteiger partial charge is 0.508 e. The molecule has 4 nitrogen and oxygen atoms in total. The van der Waals surface area contributed by atoms with Crippen molar-refractivity contribution in [3.8, 4) is 11.5 Å². The van der Waals surface area contributed by atoms with E-state index in [2.05, 4.69) is 9.97 Å². The number of rotatable bonds is 3. The van der Waals surface area contributed by atoms with E-state index in [1.54, 1.807) is 30.6 Å². The van der Waals surface area contributed by atoms with Crippen LogP contribution in [-0.2, 0) is 6.61 Å². The molecule has 16 heavy (non-hydrogen) atoms.